The molecular formula is C11H20N2O3. The van der Waals surface area contributed by atoms with E-state index in [1.807, 2.05) is 11.8 Å². The van der Waals surface area contributed by atoms with Crippen LogP contribution >= 0.6 is 0 Å². The number of carbonyl (C=O) groups is 1. The van der Waals surface area contributed by atoms with Gasteiger partial charge >= 0.3 is 0 Å². The summed E-state index contributed by atoms with van der Waals surface area (Å²) < 4.78 is 10.6. The molecule has 5 heteroatoms. The Morgan fingerprint density at radius 2 is 2.31 bits per heavy atom. The first-order chi connectivity index (χ1) is 7.68. The van der Waals surface area contributed by atoms with Crippen molar-refractivity contribution in [2.24, 2.45) is 11.7 Å². The highest BCUT2D eigenvalue weighted by Gasteiger charge is 2.33. The van der Waals surface area contributed by atoms with Crippen molar-refractivity contribution in [3.63, 3.8) is 0 Å². The molecule has 0 spiro atoms. The number of hydrogen-bond donors (Lipinski definition) is 1. The maximum Gasteiger partial charge on any atom is 0.254 e. The highest BCUT2D eigenvalue weighted by molar-refractivity contribution is 5.81. The Kier molecular flexibility index (Phi) is 3.78. The molecule has 2 saturated heterocycles. The Hall–Kier alpha value is -0.650. The van der Waals surface area contributed by atoms with E-state index in [-0.39, 0.29) is 11.9 Å². The summed E-state index contributed by atoms with van der Waals surface area (Å²) in [4.78, 5) is 13.9. The van der Waals surface area contributed by atoms with Crippen LogP contribution in [-0.2, 0) is 14.3 Å². The minimum Gasteiger partial charge on any atom is -0.376 e. The molecule has 1 amide bonds. The van der Waals surface area contributed by atoms with E-state index in [4.69, 9.17) is 15.2 Å². The van der Waals surface area contributed by atoms with E-state index < -0.39 is 6.10 Å². The fourth-order valence-corrected chi connectivity index (χ4v) is 2.25. The van der Waals surface area contributed by atoms with Crippen LogP contribution in [0.3, 0.4) is 0 Å². The molecule has 5 nitrogen and oxygen atoms in total. The number of hydrogen-bond acceptors (Lipinski definition) is 4. The second-order valence-corrected chi connectivity index (χ2v) is 4.63. The fraction of sp³-hybridized carbons (Fsp3) is 0.909. The van der Waals surface area contributed by atoms with Gasteiger partial charge in [0.15, 0.2) is 6.10 Å². The lowest BCUT2D eigenvalue weighted by Gasteiger charge is -2.26. The predicted octanol–water partition coefficient (Wildman–Crippen LogP) is -0.402. The van der Waals surface area contributed by atoms with Crippen molar-refractivity contribution in [3.05, 3.63) is 0 Å². The molecule has 2 fully saturated rings. The quantitative estimate of drug-likeness (QED) is 0.698. The van der Waals surface area contributed by atoms with Gasteiger partial charge < -0.3 is 20.1 Å². The highest BCUT2D eigenvalue weighted by atomic mass is 16.6. The van der Waals surface area contributed by atoms with E-state index in [1.165, 1.54) is 0 Å². The van der Waals surface area contributed by atoms with Crippen LogP contribution in [0.1, 0.15) is 13.3 Å². The van der Waals surface area contributed by atoms with Gasteiger partial charge in [-0.25, -0.2) is 0 Å². The predicted molar refractivity (Wildman–Crippen MR) is 58.9 cm³/mol. The lowest BCUT2D eigenvalue weighted by molar-refractivity contribution is -0.157. The summed E-state index contributed by atoms with van der Waals surface area (Å²) in [5, 5.41) is 0. The number of likely N-dealkylation sites (tertiary alicyclic amines) is 1. The van der Waals surface area contributed by atoms with Crippen LogP contribution in [0.2, 0.25) is 0 Å². The maximum absolute atomic E-state index is 12.0. The average molecular weight is 228 g/mol. The summed E-state index contributed by atoms with van der Waals surface area (Å²) in [7, 11) is 0. The maximum atomic E-state index is 12.0. The molecule has 0 aromatic rings. The van der Waals surface area contributed by atoms with E-state index in [2.05, 4.69) is 0 Å². The van der Waals surface area contributed by atoms with Crippen molar-refractivity contribution in [2.45, 2.75) is 25.5 Å². The summed E-state index contributed by atoms with van der Waals surface area (Å²) in [6.07, 6.45) is 0.595. The molecular weight excluding hydrogens is 208 g/mol. The average Bonchev–Trinajstić information content (AvgIpc) is 2.78. The first-order valence-electron chi connectivity index (χ1n) is 5.92. The summed E-state index contributed by atoms with van der Waals surface area (Å²) in [6, 6.07) is 0.154. The smallest absolute Gasteiger partial charge is 0.254 e. The third-order valence-electron chi connectivity index (χ3n) is 3.37. The SMILES string of the molecule is CC(N)C1CCN(C(=O)C2COCCO2)C1. The van der Waals surface area contributed by atoms with E-state index in [1.54, 1.807) is 0 Å². The molecule has 92 valence electrons. The van der Waals surface area contributed by atoms with E-state index in [0.29, 0.717) is 25.7 Å². The van der Waals surface area contributed by atoms with Gasteiger partial charge in [0.1, 0.15) is 0 Å². The second kappa shape index (κ2) is 5.12. The minimum absolute atomic E-state index is 0.0582. The van der Waals surface area contributed by atoms with Gasteiger partial charge in [-0.2, -0.15) is 0 Å². The molecule has 2 rings (SSSR count). The molecule has 0 aromatic heterocycles. The Bertz CT molecular complexity index is 252. The third-order valence-corrected chi connectivity index (χ3v) is 3.37. The molecule has 3 unspecified atom stereocenters. The first-order valence-corrected chi connectivity index (χ1v) is 5.92. The van der Waals surface area contributed by atoms with Crippen molar-refractivity contribution in [1.29, 1.82) is 0 Å². The lowest BCUT2D eigenvalue weighted by Crippen LogP contribution is -2.45. The number of nitrogens with zero attached hydrogens (tertiary/aromatic N) is 1. The van der Waals surface area contributed by atoms with E-state index in [9.17, 15) is 4.79 Å². The topological polar surface area (TPSA) is 64.8 Å². The molecule has 16 heavy (non-hydrogen) atoms. The van der Waals surface area contributed by atoms with E-state index in [0.717, 1.165) is 19.5 Å². The Balaban J connectivity index is 1.86. The molecule has 3 atom stereocenters. The van der Waals surface area contributed by atoms with Crippen LogP contribution in [0, 0.1) is 5.92 Å². The van der Waals surface area contributed by atoms with Crippen LogP contribution < -0.4 is 5.73 Å². The molecule has 0 aromatic carbocycles. The largest absolute Gasteiger partial charge is 0.376 e. The Morgan fingerprint density at radius 3 is 2.88 bits per heavy atom. The molecule has 2 aliphatic rings. The van der Waals surface area contributed by atoms with E-state index >= 15 is 0 Å². The molecule has 2 N–H and O–H groups in total. The van der Waals surface area contributed by atoms with Crippen molar-refractivity contribution in [2.75, 3.05) is 32.9 Å². The standard InChI is InChI=1S/C11H20N2O3/c1-8(12)9-2-3-13(6-9)11(14)10-7-15-4-5-16-10/h8-10H,2-7,12H2,1H3. The zero-order valence-electron chi connectivity index (χ0n) is 9.72. The van der Waals surface area contributed by atoms with Crippen molar-refractivity contribution in [3.8, 4) is 0 Å². The fourth-order valence-electron chi connectivity index (χ4n) is 2.25. The number of amides is 1. The van der Waals surface area contributed by atoms with Gasteiger partial charge in [-0.15, -0.1) is 0 Å². The normalized spacial score (nSPS) is 32.8. The minimum atomic E-state index is -0.402. The van der Waals surface area contributed by atoms with Crippen LogP contribution in [0.4, 0.5) is 0 Å². The van der Waals surface area contributed by atoms with Crippen molar-refractivity contribution in [1.82, 2.24) is 4.90 Å². The van der Waals surface area contributed by atoms with Gasteiger partial charge in [0.2, 0.25) is 0 Å². The monoisotopic (exact) mass is 228 g/mol. The van der Waals surface area contributed by atoms with Gasteiger partial charge in [-0.05, 0) is 19.3 Å². The number of rotatable bonds is 2. The van der Waals surface area contributed by atoms with Gasteiger partial charge in [0.25, 0.3) is 5.91 Å². The Labute approximate surface area is 95.9 Å². The zero-order chi connectivity index (χ0) is 11.5. The Morgan fingerprint density at radius 1 is 1.50 bits per heavy atom. The number of nitrogens with two attached hydrogens (primary N) is 1. The van der Waals surface area contributed by atoms with Gasteiger partial charge in [0, 0.05) is 19.1 Å². The van der Waals surface area contributed by atoms with Gasteiger partial charge in [-0.1, -0.05) is 0 Å². The molecule has 0 radical (unpaired) electrons. The number of ether oxygens (including phenoxy) is 2. The van der Waals surface area contributed by atoms with Crippen LogP contribution in [0.5, 0.6) is 0 Å². The molecule has 2 heterocycles. The van der Waals surface area contributed by atoms with Crippen LogP contribution in [0.15, 0.2) is 0 Å². The molecule has 0 saturated carbocycles. The summed E-state index contributed by atoms with van der Waals surface area (Å²) >= 11 is 0. The molecule has 0 bridgehead atoms. The van der Waals surface area contributed by atoms with Gasteiger partial charge in [-0.3, -0.25) is 4.79 Å². The zero-order valence-corrected chi connectivity index (χ0v) is 9.72. The number of carbonyl (C=O) groups excluding carboxylic acids is 1. The van der Waals surface area contributed by atoms with Crippen LogP contribution in [-0.4, -0.2) is 55.9 Å². The molecule has 2 aliphatic heterocycles. The summed E-state index contributed by atoms with van der Waals surface area (Å²) in [5.74, 6) is 0.483. The van der Waals surface area contributed by atoms with Gasteiger partial charge in [0.05, 0.1) is 19.8 Å². The highest BCUT2D eigenvalue weighted by Crippen LogP contribution is 2.20. The first kappa shape index (κ1) is 11.8. The van der Waals surface area contributed by atoms with Crippen molar-refractivity contribution >= 4 is 5.91 Å². The van der Waals surface area contributed by atoms with Crippen LogP contribution in [0.25, 0.3) is 0 Å². The summed E-state index contributed by atoms with van der Waals surface area (Å²) in [6.45, 7) is 5.05. The van der Waals surface area contributed by atoms with Crippen molar-refractivity contribution < 1.29 is 14.3 Å². The third kappa shape index (κ3) is 2.53. The molecule has 0 aliphatic carbocycles. The summed E-state index contributed by atoms with van der Waals surface area (Å²) in [5.41, 5.74) is 5.84. The second-order valence-electron chi connectivity index (χ2n) is 4.63. The lowest BCUT2D eigenvalue weighted by atomic mass is 10.0.